The molecule has 0 aliphatic heterocycles. The van der Waals surface area contributed by atoms with Gasteiger partial charge in [-0.3, -0.25) is 10.1 Å². The van der Waals surface area contributed by atoms with E-state index in [0.717, 1.165) is 12.8 Å². The molecule has 0 atom stereocenters. The van der Waals surface area contributed by atoms with Crippen LogP contribution in [0.15, 0.2) is 16.8 Å². The highest BCUT2D eigenvalue weighted by Gasteiger charge is 2.29. The molecule has 2 heterocycles. The van der Waals surface area contributed by atoms with Crippen LogP contribution in [0, 0.1) is 0 Å². The first-order chi connectivity index (χ1) is 8.72. The highest BCUT2D eigenvalue weighted by Crippen LogP contribution is 2.39. The molecule has 2 aromatic heterocycles. The van der Waals surface area contributed by atoms with Gasteiger partial charge in [-0.1, -0.05) is 16.7 Å². The summed E-state index contributed by atoms with van der Waals surface area (Å²) in [5.74, 6) is 0.441. The van der Waals surface area contributed by atoms with E-state index in [2.05, 4.69) is 25.5 Å². The van der Waals surface area contributed by atoms with Gasteiger partial charge < -0.3 is 4.42 Å². The average Bonchev–Trinajstić information content (AvgIpc) is 3.11. The van der Waals surface area contributed by atoms with Crippen LogP contribution >= 0.6 is 11.6 Å². The summed E-state index contributed by atoms with van der Waals surface area (Å²) in [5.41, 5.74) is 0.130. The minimum atomic E-state index is -0.467. The van der Waals surface area contributed by atoms with Gasteiger partial charge in [0.1, 0.15) is 10.8 Å². The molecule has 7 nitrogen and oxygen atoms in total. The van der Waals surface area contributed by atoms with Crippen molar-refractivity contribution in [3.05, 3.63) is 29.1 Å². The van der Waals surface area contributed by atoms with Crippen molar-refractivity contribution < 1.29 is 9.21 Å². The Morgan fingerprint density at radius 1 is 1.33 bits per heavy atom. The van der Waals surface area contributed by atoms with Crippen LogP contribution in [0.2, 0.25) is 5.15 Å². The van der Waals surface area contributed by atoms with Crippen LogP contribution < -0.4 is 5.32 Å². The molecule has 1 amide bonds. The van der Waals surface area contributed by atoms with Crippen LogP contribution in [0.1, 0.15) is 35.1 Å². The quantitative estimate of drug-likeness (QED) is 0.907. The molecule has 0 radical (unpaired) electrons. The van der Waals surface area contributed by atoms with Gasteiger partial charge in [0.15, 0.2) is 0 Å². The van der Waals surface area contributed by atoms with E-state index in [0.29, 0.717) is 11.8 Å². The van der Waals surface area contributed by atoms with Gasteiger partial charge >= 0.3 is 6.01 Å². The average molecular weight is 266 g/mol. The molecule has 0 aromatic carbocycles. The molecule has 3 rings (SSSR count). The number of nitrogens with zero attached hydrogens (tertiary/aromatic N) is 4. The number of rotatable bonds is 3. The second-order valence-electron chi connectivity index (χ2n) is 3.90. The summed E-state index contributed by atoms with van der Waals surface area (Å²) in [6.45, 7) is 0. The number of carbonyl (C=O) groups is 1. The maximum atomic E-state index is 11.7. The third-order valence-corrected chi connectivity index (χ3v) is 2.64. The summed E-state index contributed by atoms with van der Waals surface area (Å²) in [6, 6.07) is 0.0682. The number of nitrogens with one attached hydrogen (secondary N) is 1. The minimum Gasteiger partial charge on any atom is -0.408 e. The van der Waals surface area contributed by atoms with Gasteiger partial charge in [-0.05, 0) is 12.8 Å². The van der Waals surface area contributed by atoms with E-state index in [-0.39, 0.29) is 16.9 Å². The van der Waals surface area contributed by atoms with Gasteiger partial charge in [-0.2, -0.15) is 0 Å². The number of hydrogen-bond acceptors (Lipinski definition) is 6. The Kier molecular flexibility index (Phi) is 2.67. The van der Waals surface area contributed by atoms with Crippen LogP contribution in [0.25, 0.3) is 0 Å². The zero-order valence-electron chi connectivity index (χ0n) is 9.13. The van der Waals surface area contributed by atoms with Crippen LogP contribution in [0.4, 0.5) is 6.01 Å². The monoisotopic (exact) mass is 265 g/mol. The second kappa shape index (κ2) is 4.34. The molecule has 1 aliphatic rings. The molecule has 18 heavy (non-hydrogen) atoms. The summed E-state index contributed by atoms with van der Waals surface area (Å²) in [7, 11) is 0. The van der Waals surface area contributed by atoms with E-state index >= 15 is 0 Å². The number of anilines is 1. The Labute approximate surface area is 107 Å². The van der Waals surface area contributed by atoms with Crippen molar-refractivity contribution in [3.63, 3.8) is 0 Å². The molecule has 92 valence electrons. The van der Waals surface area contributed by atoms with Crippen molar-refractivity contribution in [2.75, 3.05) is 5.32 Å². The third kappa shape index (κ3) is 2.30. The normalized spacial score (nSPS) is 14.5. The SMILES string of the molecule is O=C(Nc1nnc(C2CC2)o1)c1cnc(Cl)cn1. The third-order valence-electron chi connectivity index (χ3n) is 2.44. The maximum Gasteiger partial charge on any atom is 0.322 e. The van der Waals surface area contributed by atoms with Crippen molar-refractivity contribution in [2.24, 2.45) is 0 Å². The number of carbonyl (C=O) groups excluding carboxylic acids is 1. The zero-order chi connectivity index (χ0) is 12.5. The Bertz CT molecular complexity index is 578. The van der Waals surface area contributed by atoms with Gasteiger partial charge in [-0.15, -0.1) is 5.10 Å². The molecule has 0 unspecified atom stereocenters. The van der Waals surface area contributed by atoms with Gasteiger partial charge in [-0.25, -0.2) is 9.97 Å². The first-order valence-corrected chi connectivity index (χ1v) is 5.72. The van der Waals surface area contributed by atoms with Crippen LogP contribution in [-0.2, 0) is 0 Å². The smallest absolute Gasteiger partial charge is 0.322 e. The Morgan fingerprint density at radius 2 is 2.17 bits per heavy atom. The summed E-state index contributed by atoms with van der Waals surface area (Å²) < 4.78 is 5.30. The largest absolute Gasteiger partial charge is 0.408 e. The molecule has 0 spiro atoms. The van der Waals surface area contributed by atoms with Crippen molar-refractivity contribution in [3.8, 4) is 0 Å². The van der Waals surface area contributed by atoms with E-state index in [1.165, 1.54) is 12.4 Å². The van der Waals surface area contributed by atoms with Crippen molar-refractivity contribution >= 4 is 23.5 Å². The Balaban J connectivity index is 1.70. The highest BCUT2D eigenvalue weighted by molar-refractivity contribution is 6.29. The second-order valence-corrected chi connectivity index (χ2v) is 4.29. The van der Waals surface area contributed by atoms with Gasteiger partial charge in [0, 0.05) is 5.92 Å². The van der Waals surface area contributed by atoms with Crippen LogP contribution in [0.3, 0.4) is 0 Å². The van der Waals surface area contributed by atoms with Crippen molar-refractivity contribution in [1.82, 2.24) is 20.2 Å². The van der Waals surface area contributed by atoms with Crippen molar-refractivity contribution in [2.45, 2.75) is 18.8 Å². The summed E-state index contributed by atoms with van der Waals surface area (Å²) in [4.78, 5) is 19.3. The van der Waals surface area contributed by atoms with E-state index in [1.54, 1.807) is 0 Å². The van der Waals surface area contributed by atoms with E-state index in [4.69, 9.17) is 16.0 Å². The fourth-order valence-electron chi connectivity index (χ4n) is 1.37. The predicted octanol–water partition coefficient (Wildman–Crippen LogP) is 1.64. The van der Waals surface area contributed by atoms with Gasteiger partial charge in [0.25, 0.3) is 5.91 Å². The lowest BCUT2D eigenvalue weighted by Crippen LogP contribution is -2.14. The van der Waals surface area contributed by atoms with E-state index in [9.17, 15) is 4.79 Å². The molecule has 1 N–H and O–H groups in total. The van der Waals surface area contributed by atoms with Crippen LogP contribution in [0.5, 0.6) is 0 Å². The first-order valence-electron chi connectivity index (χ1n) is 5.34. The molecule has 1 fully saturated rings. The van der Waals surface area contributed by atoms with Crippen LogP contribution in [-0.4, -0.2) is 26.1 Å². The molecular formula is C10H8ClN5O2. The minimum absolute atomic E-state index is 0.0682. The number of aromatic nitrogens is 4. The molecule has 0 bridgehead atoms. The molecule has 8 heteroatoms. The van der Waals surface area contributed by atoms with Gasteiger partial charge in [0.2, 0.25) is 5.89 Å². The fourth-order valence-corrected chi connectivity index (χ4v) is 1.47. The lowest BCUT2D eigenvalue weighted by Gasteiger charge is -1.98. The molecule has 1 aliphatic carbocycles. The molecule has 2 aromatic rings. The molecule has 0 saturated heterocycles. The lowest BCUT2D eigenvalue weighted by atomic mass is 10.4. The topological polar surface area (TPSA) is 93.8 Å². The summed E-state index contributed by atoms with van der Waals surface area (Å²) >= 11 is 5.58. The zero-order valence-corrected chi connectivity index (χ0v) is 9.89. The number of hydrogen-bond donors (Lipinski definition) is 1. The maximum absolute atomic E-state index is 11.7. The summed E-state index contributed by atoms with van der Waals surface area (Å²) in [5, 5.41) is 10.3. The highest BCUT2D eigenvalue weighted by atomic mass is 35.5. The first kappa shape index (κ1) is 11.1. The van der Waals surface area contributed by atoms with Crippen molar-refractivity contribution in [1.29, 1.82) is 0 Å². The Hall–Kier alpha value is -2.02. The standard InChI is InChI=1S/C10H8ClN5O2/c11-7-4-12-6(3-13-7)8(17)14-10-16-15-9(18-10)5-1-2-5/h3-5H,1-2H2,(H,14,16,17). The number of amides is 1. The Morgan fingerprint density at radius 3 is 2.83 bits per heavy atom. The summed E-state index contributed by atoms with van der Waals surface area (Å²) in [6.07, 6.45) is 4.67. The predicted molar refractivity (Wildman–Crippen MR) is 61.3 cm³/mol. The van der Waals surface area contributed by atoms with E-state index < -0.39 is 5.91 Å². The fraction of sp³-hybridized carbons (Fsp3) is 0.300. The molecular weight excluding hydrogens is 258 g/mol. The lowest BCUT2D eigenvalue weighted by molar-refractivity contribution is 0.101. The van der Waals surface area contributed by atoms with Gasteiger partial charge in [0.05, 0.1) is 12.4 Å². The number of halogens is 1. The van der Waals surface area contributed by atoms with E-state index in [1.807, 2.05) is 0 Å². The molecule has 1 saturated carbocycles.